The molecule has 0 atom stereocenters. The minimum absolute atomic E-state index is 0.545. The average Bonchev–Trinajstić information content (AvgIpc) is 3.46. The molecule has 0 bridgehead atoms. The minimum atomic E-state index is -0.545. The van der Waals surface area contributed by atoms with Gasteiger partial charge in [-0.2, -0.15) is 0 Å². The smallest absolute Gasteiger partial charge is 0.317 e. The van der Waals surface area contributed by atoms with Crippen LogP contribution in [-0.4, -0.2) is 56.8 Å². The first-order chi connectivity index (χ1) is 16.6. The quantitative estimate of drug-likeness (QED) is 0.510. The number of amides is 2. The van der Waals surface area contributed by atoms with E-state index in [0.29, 0.717) is 0 Å². The van der Waals surface area contributed by atoms with E-state index in [4.69, 9.17) is 10.5 Å². The molecule has 0 saturated carbocycles. The molecule has 176 valence electrons. The van der Waals surface area contributed by atoms with Crippen LogP contribution >= 0.6 is 11.3 Å². The fourth-order valence-corrected chi connectivity index (χ4v) is 5.51. The number of nitrogens with one attached hydrogen (secondary N) is 1. The normalized spacial score (nSPS) is 15.5. The zero-order valence-corrected chi connectivity index (χ0v) is 20.1. The zero-order chi connectivity index (χ0) is 23.3. The number of ether oxygens (including phenoxy) is 1. The van der Waals surface area contributed by atoms with Gasteiger partial charge in [-0.15, -0.1) is 11.3 Å². The van der Waals surface area contributed by atoms with E-state index in [1.807, 2.05) is 24.3 Å². The number of rotatable bonds is 6. The average molecular weight is 477 g/mol. The van der Waals surface area contributed by atoms with Crippen molar-refractivity contribution in [3.05, 3.63) is 58.4 Å². The molecule has 0 radical (unpaired) electrons. The van der Waals surface area contributed by atoms with Gasteiger partial charge in [-0.25, -0.2) is 4.79 Å². The van der Waals surface area contributed by atoms with E-state index in [-0.39, 0.29) is 0 Å². The van der Waals surface area contributed by atoms with Crippen molar-refractivity contribution >= 4 is 38.1 Å². The lowest BCUT2D eigenvalue weighted by Crippen LogP contribution is -2.46. The first-order valence-corrected chi connectivity index (χ1v) is 12.7. The summed E-state index contributed by atoms with van der Waals surface area (Å²) in [5.74, 6) is 1.06. The molecule has 3 heterocycles. The van der Waals surface area contributed by atoms with E-state index in [1.165, 1.54) is 22.6 Å². The molecule has 2 aromatic carbocycles. The van der Waals surface area contributed by atoms with E-state index in [9.17, 15) is 4.79 Å². The van der Waals surface area contributed by atoms with Gasteiger partial charge < -0.3 is 15.4 Å². The highest BCUT2D eigenvalue weighted by molar-refractivity contribution is 7.22. The highest BCUT2D eigenvalue weighted by atomic mass is 32.1. The van der Waals surface area contributed by atoms with E-state index in [2.05, 4.69) is 44.2 Å². The number of fused-ring (bicyclic) bond motifs is 2. The van der Waals surface area contributed by atoms with Crippen LogP contribution in [0.25, 0.3) is 14.9 Å². The van der Waals surface area contributed by atoms with Crippen molar-refractivity contribution in [1.82, 2.24) is 4.90 Å². The molecule has 1 fully saturated rings. The molecule has 0 aliphatic carbocycles. The lowest BCUT2D eigenvalue weighted by atomic mass is 10.1. The van der Waals surface area contributed by atoms with Gasteiger partial charge in [0.2, 0.25) is 0 Å². The van der Waals surface area contributed by atoms with Crippen LogP contribution in [0.3, 0.4) is 0 Å². The maximum atomic E-state index is 11.0. The Morgan fingerprint density at radius 2 is 2.00 bits per heavy atom. The molecule has 2 aliphatic heterocycles. The van der Waals surface area contributed by atoms with E-state index < -0.39 is 6.03 Å². The van der Waals surface area contributed by atoms with Crippen LogP contribution in [-0.2, 0) is 6.42 Å². The largest absolute Gasteiger partial charge is 0.493 e. The number of piperazine rings is 1. The molecule has 5 rings (SSSR count). The number of carbonyl (C=O) groups is 1. The second-order valence-corrected chi connectivity index (χ2v) is 9.86. The van der Waals surface area contributed by atoms with Gasteiger partial charge in [0.15, 0.2) is 0 Å². The van der Waals surface area contributed by atoms with Gasteiger partial charge in [-0.1, -0.05) is 4.85 Å². The van der Waals surface area contributed by atoms with Crippen molar-refractivity contribution in [3.63, 3.8) is 0 Å². The van der Waals surface area contributed by atoms with E-state index >= 15 is 0 Å². The van der Waals surface area contributed by atoms with Crippen molar-refractivity contribution in [2.45, 2.75) is 19.3 Å². The molecule has 3 N–H and O–H groups in total. The van der Waals surface area contributed by atoms with Crippen molar-refractivity contribution in [3.8, 4) is 11.8 Å². The molecule has 2 aliphatic rings. The molecule has 7 nitrogen and oxygen atoms in total. The number of carbonyl (C=O) groups excluding carboxylic acids is 1. The number of thiophene rings is 1. The molecule has 1 aromatic heterocycles. The number of hydrogen-bond donors (Lipinski definition) is 2. The van der Waals surface area contributed by atoms with Crippen LogP contribution in [0.15, 0.2) is 42.5 Å². The molecule has 0 spiro atoms. The monoisotopic (exact) mass is 476 g/mol. The second-order valence-electron chi connectivity index (χ2n) is 8.77. The highest BCUT2D eigenvalue weighted by Crippen LogP contribution is 2.31. The van der Waals surface area contributed by atoms with Crippen LogP contribution < -0.4 is 20.7 Å². The van der Waals surface area contributed by atoms with Crippen molar-refractivity contribution in [2.24, 2.45) is 5.73 Å². The maximum Gasteiger partial charge on any atom is 0.317 e. The number of nitrogens with two attached hydrogens (primary N) is 1. The highest BCUT2D eigenvalue weighted by Gasteiger charge is 2.19. The van der Waals surface area contributed by atoms with Crippen LogP contribution in [0, 0.1) is 6.07 Å². The lowest BCUT2D eigenvalue weighted by Gasteiger charge is -2.36. The minimum Gasteiger partial charge on any atom is -0.493 e. The Bertz CT molecular complexity index is 1240. The van der Waals surface area contributed by atoms with Gasteiger partial charge >= 0.3 is 12.1 Å². The number of benzene rings is 2. The van der Waals surface area contributed by atoms with Gasteiger partial charge in [0, 0.05) is 49.4 Å². The van der Waals surface area contributed by atoms with Gasteiger partial charge in [-0.3, -0.25) is 10.2 Å². The van der Waals surface area contributed by atoms with Crippen LogP contribution in [0.2, 0.25) is 0 Å². The molecule has 8 heteroatoms. The third-order valence-corrected chi connectivity index (χ3v) is 7.41. The lowest BCUT2D eigenvalue weighted by molar-refractivity contribution is 0.254. The predicted molar refractivity (Wildman–Crippen MR) is 140 cm³/mol. The summed E-state index contributed by atoms with van der Waals surface area (Å²) in [6, 6.07) is 17.2. The summed E-state index contributed by atoms with van der Waals surface area (Å²) >= 11 is 1.50. The summed E-state index contributed by atoms with van der Waals surface area (Å²) in [6.07, 6.45) is 3.24. The summed E-state index contributed by atoms with van der Waals surface area (Å²) in [5, 5.41) is 4.43. The molecule has 0 unspecified atom stereocenters. The summed E-state index contributed by atoms with van der Waals surface area (Å²) in [7, 11) is 0. The van der Waals surface area contributed by atoms with Gasteiger partial charge in [0.05, 0.1) is 11.6 Å². The number of anilines is 2. The van der Waals surface area contributed by atoms with E-state index in [1.54, 1.807) is 0 Å². The molecule has 34 heavy (non-hydrogen) atoms. The topological polar surface area (TPSA) is 75.2 Å². The molecule has 2 amide bonds. The number of hydrogen-bond acceptors (Lipinski definition) is 5. The first kappa shape index (κ1) is 22.5. The summed E-state index contributed by atoms with van der Waals surface area (Å²) in [5.41, 5.74) is 8.82. The molecule has 1 saturated heterocycles. The standard InChI is InChI=1S/C26H29N5O2S/c27-26(32)29-25-17-21-15-19(3-6-24(21)34-25)18-28-8-1-2-9-30-10-12-31(13-11-30)22-4-5-23-20(16-22)7-14-33-23/h3-6,15-17H,1-2,7-14H2,(H2-,27,29,32)/p+1. The van der Waals surface area contributed by atoms with Gasteiger partial charge in [-0.05, 0) is 66.4 Å². The summed E-state index contributed by atoms with van der Waals surface area (Å²) < 4.78 is 6.73. The number of nitrogens with zero attached hydrogens (tertiary/aromatic N) is 3. The SMILES string of the molecule is NC(=O)Nc1cc2cc(C#[N+]CCCCN3CCN(c4ccc5c(c4)CCO5)CC3)ccc2s1. The van der Waals surface area contributed by atoms with Crippen molar-refractivity contribution in [2.75, 3.05) is 56.1 Å². The third-order valence-electron chi connectivity index (χ3n) is 6.38. The maximum absolute atomic E-state index is 11.0. The first-order valence-electron chi connectivity index (χ1n) is 11.9. The Balaban J connectivity index is 1.03. The van der Waals surface area contributed by atoms with Gasteiger partial charge in [0.25, 0.3) is 6.54 Å². The van der Waals surface area contributed by atoms with E-state index in [0.717, 1.165) is 91.5 Å². The van der Waals surface area contributed by atoms with Crippen LogP contribution in [0.5, 0.6) is 5.75 Å². The Morgan fingerprint density at radius 3 is 2.85 bits per heavy atom. The van der Waals surface area contributed by atoms with Crippen LogP contribution in [0.1, 0.15) is 24.0 Å². The molecular formula is C26H30N5O2S+. The zero-order valence-electron chi connectivity index (χ0n) is 19.3. The number of urea groups is 1. The second kappa shape index (κ2) is 10.3. The van der Waals surface area contributed by atoms with Crippen molar-refractivity contribution < 1.29 is 9.53 Å². The van der Waals surface area contributed by atoms with Gasteiger partial charge in [0.1, 0.15) is 11.3 Å². The Labute approximate surface area is 203 Å². The Morgan fingerprint density at radius 1 is 1.12 bits per heavy atom. The van der Waals surface area contributed by atoms with Crippen molar-refractivity contribution in [1.29, 1.82) is 0 Å². The fourth-order valence-electron chi connectivity index (χ4n) is 4.57. The Kier molecular flexibility index (Phi) is 6.84. The summed E-state index contributed by atoms with van der Waals surface area (Å²) in [4.78, 5) is 20.6. The van der Waals surface area contributed by atoms with Crippen LogP contribution in [0.4, 0.5) is 15.5 Å². The number of primary amides is 1. The fraction of sp³-hybridized carbons (Fsp3) is 0.385. The molecule has 3 aromatic rings. The summed E-state index contributed by atoms with van der Waals surface area (Å²) in [6.45, 7) is 7.09. The number of unbranched alkanes of at least 4 members (excludes halogenated alkanes) is 1. The predicted octanol–water partition coefficient (Wildman–Crippen LogP) is 4.61. The molecular weight excluding hydrogens is 446 g/mol. The third kappa shape index (κ3) is 5.44. The Hall–Kier alpha value is -3.28.